The first kappa shape index (κ1) is 25.4. The normalized spacial score (nSPS) is 19.1. The molecule has 0 saturated heterocycles. The summed E-state index contributed by atoms with van der Waals surface area (Å²) in [6.45, 7) is 6.24. The summed E-state index contributed by atoms with van der Waals surface area (Å²) in [6, 6.07) is 9.40. The lowest BCUT2D eigenvalue weighted by atomic mass is 9.81. The van der Waals surface area contributed by atoms with Crippen LogP contribution >= 0.6 is 0 Å². The zero-order chi connectivity index (χ0) is 23.6. The Kier molecular flexibility index (Phi) is 9.75. The highest BCUT2D eigenvalue weighted by Gasteiger charge is 2.24. The molecule has 0 radical (unpaired) electrons. The van der Waals surface area contributed by atoms with Crippen molar-refractivity contribution < 1.29 is 28.6 Å². The van der Waals surface area contributed by atoms with Crippen molar-refractivity contribution in [3.05, 3.63) is 47.5 Å². The van der Waals surface area contributed by atoms with Gasteiger partial charge in [0.05, 0.1) is 13.5 Å². The van der Waals surface area contributed by atoms with E-state index in [0.717, 1.165) is 31.2 Å². The molecule has 0 atom stereocenters. The summed E-state index contributed by atoms with van der Waals surface area (Å²) in [5, 5.41) is 2.83. The topological polar surface area (TPSA) is 90.9 Å². The van der Waals surface area contributed by atoms with Gasteiger partial charge in [-0.25, -0.2) is 9.59 Å². The summed E-state index contributed by atoms with van der Waals surface area (Å²) < 4.78 is 15.4. The highest BCUT2D eigenvalue weighted by atomic mass is 16.6. The molecular formula is C25H35NO6. The first-order valence-electron chi connectivity index (χ1n) is 11.1. The molecule has 1 amide bonds. The van der Waals surface area contributed by atoms with Gasteiger partial charge in [0.2, 0.25) is 0 Å². The molecule has 1 N–H and O–H groups in total. The number of esters is 2. The van der Waals surface area contributed by atoms with E-state index in [1.165, 1.54) is 7.11 Å². The predicted octanol–water partition coefficient (Wildman–Crippen LogP) is 4.55. The summed E-state index contributed by atoms with van der Waals surface area (Å²) in [7, 11) is 1.31. The lowest BCUT2D eigenvalue weighted by Gasteiger charge is -2.28. The zero-order valence-electron chi connectivity index (χ0n) is 19.5. The fourth-order valence-electron chi connectivity index (χ4n) is 3.66. The van der Waals surface area contributed by atoms with E-state index in [-0.39, 0.29) is 18.9 Å². The van der Waals surface area contributed by atoms with Crippen molar-refractivity contribution >= 4 is 18.0 Å². The van der Waals surface area contributed by atoms with Gasteiger partial charge in [-0.2, -0.15) is 0 Å². The number of hydrogen-bond acceptors (Lipinski definition) is 6. The van der Waals surface area contributed by atoms with Crippen LogP contribution in [-0.4, -0.2) is 37.3 Å². The Labute approximate surface area is 190 Å². The third-order valence-corrected chi connectivity index (χ3v) is 5.29. The van der Waals surface area contributed by atoms with E-state index in [1.54, 1.807) is 0 Å². The van der Waals surface area contributed by atoms with Gasteiger partial charge in [-0.05, 0) is 63.9 Å². The van der Waals surface area contributed by atoms with Gasteiger partial charge >= 0.3 is 18.0 Å². The molecule has 1 aliphatic rings. The van der Waals surface area contributed by atoms with E-state index in [1.807, 2.05) is 57.2 Å². The van der Waals surface area contributed by atoms with Crippen molar-refractivity contribution in [2.75, 3.05) is 13.7 Å². The molecular weight excluding hydrogens is 410 g/mol. The van der Waals surface area contributed by atoms with Gasteiger partial charge in [-0.15, -0.1) is 0 Å². The van der Waals surface area contributed by atoms with Gasteiger partial charge in [0.15, 0.2) is 0 Å². The molecule has 0 aliphatic heterocycles. The molecule has 176 valence electrons. The minimum absolute atomic E-state index is 0.111. The molecule has 0 unspecified atom stereocenters. The monoisotopic (exact) mass is 445 g/mol. The van der Waals surface area contributed by atoms with Crippen molar-refractivity contribution in [2.45, 2.75) is 65.1 Å². The molecule has 0 aromatic heterocycles. The van der Waals surface area contributed by atoms with Crippen LogP contribution in [0, 0.1) is 11.8 Å². The van der Waals surface area contributed by atoms with Gasteiger partial charge in [0.1, 0.15) is 12.2 Å². The third-order valence-electron chi connectivity index (χ3n) is 5.29. The van der Waals surface area contributed by atoms with Crippen LogP contribution in [-0.2, 0) is 30.4 Å². The average Bonchev–Trinajstić information content (AvgIpc) is 2.75. The van der Waals surface area contributed by atoms with E-state index >= 15 is 0 Å². The van der Waals surface area contributed by atoms with Crippen molar-refractivity contribution in [1.29, 1.82) is 0 Å². The molecule has 7 heteroatoms. The van der Waals surface area contributed by atoms with Crippen LogP contribution in [0.3, 0.4) is 0 Å². The summed E-state index contributed by atoms with van der Waals surface area (Å²) >= 11 is 0. The zero-order valence-corrected chi connectivity index (χ0v) is 19.5. The second-order valence-electron chi connectivity index (χ2n) is 9.17. The molecule has 1 fully saturated rings. The fraction of sp³-hybridized carbons (Fsp3) is 0.560. The molecule has 1 aromatic rings. The van der Waals surface area contributed by atoms with Crippen LogP contribution in [0.4, 0.5) is 4.79 Å². The lowest BCUT2D eigenvalue weighted by molar-refractivity contribution is -0.146. The Balaban J connectivity index is 1.82. The number of nitrogens with one attached hydrogen (secondary N) is 1. The molecule has 32 heavy (non-hydrogen) atoms. The SMILES string of the molecule is COC(=O)/C(=C/C1CCC(CNC(=O)OC(C)(C)C)CC1)CC(=O)OCc1ccccc1. The van der Waals surface area contributed by atoms with Crippen molar-refractivity contribution in [2.24, 2.45) is 11.8 Å². The fourth-order valence-corrected chi connectivity index (χ4v) is 3.66. The molecule has 7 nitrogen and oxygen atoms in total. The Hall–Kier alpha value is -2.83. The first-order valence-corrected chi connectivity index (χ1v) is 11.1. The maximum Gasteiger partial charge on any atom is 0.407 e. The smallest absolute Gasteiger partial charge is 0.407 e. The average molecular weight is 446 g/mol. The standard InChI is InChI=1S/C25H35NO6/c1-25(2,3)32-24(29)26-16-19-12-10-18(11-13-19)14-21(23(28)30-4)15-22(27)31-17-20-8-6-5-7-9-20/h5-9,14,18-19H,10-13,15-17H2,1-4H3,(H,26,29)/b21-14+. The minimum Gasteiger partial charge on any atom is -0.466 e. The highest BCUT2D eigenvalue weighted by Crippen LogP contribution is 2.30. The number of amides is 1. The van der Waals surface area contributed by atoms with Crippen molar-refractivity contribution in [3.63, 3.8) is 0 Å². The van der Waals surface area contributed by atoms with Gasteiger partial charge in [-0.1, -0.05) is 36.4 Å². The van der Waals surface area contributed by atoms with Gasteiger partial charge in [0.25, 0.3) is 0 Å². The third kappa shape index (κ3) is 9.54. The van der Waals surface area contributed by atoms with Gasteiger partial charge in [-0.3, -0.25) is 4.79 Å². The maximum absolute atomic E-state index is 12.3. The van der Waals surface area contributed by atoms with Crippen molar-refractivity contribution in [3.8, 4) is 0 Å². The molecule has 2 rings (SSSR count). The van der Waals surface area contributed by atoms with Crippen LogP contribution in [0.1, 0.15) is 58.4 Å². The minimum atomic E-state index is -0.515. The Morgan fingerprint density at radius 1 is 1.06 bits per heavy atom. The van der Waals surface area contributed by atoms with E-state index in [2.05, 4.69) is 5.32 Å². The molecule has 0 bridgehead atoms. The number of ether oxygens (including phenoxy) is 3. The Morgan fingerprint density at radius 3 is 2.31 bits per heavy atom. The number of alkyl carbamates (subject to hydrolysis) is 1. The van der Waals surface area contributed by atoms with Crippen molar-refractivity contribution in [1.82, 2.24) is 5.32 Å². The number of carbonyl (C=O) groups excluding carboxylic acids is 3. The summed E-state index contributed by atoms with van der Waals surface area (Å²) in [6.07, 6.45) is 4.93. The second kappa shape index (κ2) is 12.3. The Morgan fingerprint density at radius 2 is 1.72 bits per heavy atom. The number of carbonyl (C=O) groups is 3. The van der Waals surface area contributed by atoms with E-state index in [9.17, 15) is 14.4 Å². The lowest BCUT2D eigenvalue weighted by Crippen LogP contribution is -2.36. The maximum atomic E-state index is 12.3. The molecule has 1 saturated carbocycles. The first-order chi connectivity index (χ1) is 15.2. The van der Waals surface area contributed by atoms with Gasteiger partial charge < -0.3 is 19.5 Å². The summed E-state index contributed by atoms with van der Waals surface area (Å²) in [5.41, 5.74) is 0.711. The summed E-state index contributed by atoms with van der Waals surface area (Å²) in [4.78, 5) is 36.3. The van der Waals surface area contributed by atoms with Crippen LogP contribution in [0.5, 0.6) is 0 Å². The quantitative estimate of drug-likeness (QED) is 0.359. The molecule has 1 aromatic carbocycles. The highest BCUT2D eigenvalue weighted by molar-refractivity contribution is 5.93. The van der Waals surface area contributed by atoms with E-state index in [0.29, 0.717) is 18.0 Å². The predicted molar refractivity (Wildman–Crippen MR) is 121 cm³/mol. The molecule has 1 aliphatic carbocycles. The summed E-state index contributed by atoms with van der Waals surface area (Å²) in [5.74, 6) is -0.412. The van der Waals surface area contributed by atoms with Crippen LogP contribution in [0.2, 0.25) is 0 Å². The van der Waals surface area contributed by atoms with Crippen LogP contribution < -0.4 is 5.32 Å². The van der Waals surface area contributed by atoms with Crippen LogP contribution in [0.25, 0.3) is 0 Å². The molecule has 0 spiro atoms. The number of hydrogen-bond donors (Lipinski definition) is 1. The van der Waals surface area contributed by atoms with E-state index in [4.69, 9.17) is 14.2 Å². The van der Waals surface area contributed by atoms with E-state index < -0.39 is 23.6 Å². The largest absolute Gasteiger partial charge is 0.466 e. The number of allylic oxidation sites excluding steroid dienone is 1. The second-order valence-corrected chi connectivity index (χ2v) is 9.17. The Bertz CT molecular complexity index is 788. The van der Waals surface area contributed by atoms with Gasteiger partial charge in [0, 0.05) is 12.1 Å². The van der Waals surface area contributed by atoms with Crippen LogP contribution in [0.15, 0.2) is 42.0 Å². The number of methoxy groups -OCH3 is 1. The molecule has 0 heterocycles. The number of benzene rings is 1. The number of rotatable bonds is 8.